The van der Waals surface area contributed by atoms with E-state index >= 15 is 0 Å². The molecule has 8 atom stereocenters. The highest BCUT2D eigenvalue weighted by molar-refractivity contribution is 8.18. The normalized spacial score (nSPS) is 29.1. The van der Waals surface area contributed by atoms with E-state index in [-0.39, 0.29) is 36.1 Å². The summed E-state index contributed by atoms with van der Waals surface area (Å²) in [6, 6.07) is 0.102. The molecular weight excluding hydrogens is 635 g/mol. The molecule has 19 heteroatoms. The van der Waals surface area contributed by atoms with Crippen molar-refractivity contribution >= 4 is 16.7 Å². The molecule has 5 N–H and O–H groups in total. The van der Waals surface area contributed by atoms with Gasteiger partial charge in [0.1, 0.15) is 23.5 Å². The van der Waals surface area contributed by atoms with Gasteiger partial charge in [-0.1, -0.05) is 10.4 Å². The molecule has 0 bridgehead atoms. The number of aliphatic hydroxyl groups is 3. The third-order valence-electron chi connectivity index (χ3n) is 8.40. The van der Waals surface area contributed by atoms with Gasteiger partial charge < -0.3 is 35.3 Å². The predicted molar refractivity (Wildman–Crippen MR) is 158 cm³/mol. The molecule has 1 unspecified atom stereocenters. The molecule has 0 spiro atoms. The second kappa shape index (κ2) is 13.1. The van der Waals surface area contributed by atoms with Crippen molar-refractivity contribution in [1.29, 1.82) is 0 Å². The van der Waals surface area contributed by atoms with Crippen LogP contribution in [0.1, 0.15) is 12.1 Å². The fourth-order valence-corrected chi connectivity index (χ4v) is 9.46. The summed E-state index contributed by atoms with van der Waals surface area (Å²) in [6.45, 7) is -0.111. The van der Waals surface area contributed by atoms with Gasteiger partial charge in [0, 0.05) is 28.9 Å². The first-order valence-electron chi connectivity index (χ1n) is 14.1. The average molecular weight is 668 g/mol. The molecule has 5 heterocycles. The van der Waals surface area contributed by atoms with Crippen molar-refractivity contribution in [3.63, 3.8) is 0 Å². The van der Waals surface area contributed by atoms with Crippen molar-refractivity contribution in [3.8, 4) is 28.5 Å². The first-order valence-corrected chi connectivity index (χ1v) is 15.8. The van der Waals surface area contributed by atoms with Gasteiger partial charge in [0.15, 0.2) is 34.8 Å². The number of aromatic nitrogens is 8. The summed E-state index contributed by atoms with van der Waals surface area (Å²) in [4.78, 5) is 8.40. The summed E-state index contributed by atoms with van der Waals surface area (Å²) in [5.41, 5.74) is 6.22. The lowest BCUT2D eigenvalue weighted by molar-refractivity contribution is -0.0339. The van der Waals surface area contributed by atoms with Gasteiger partial charge >= 0.3 is 0 Å². The molecule has 0 amide bonds. The second-order valence-corrected chi connectivity index (χ2v) is 13.7. The van der Waals surface area contributed by atoms with Crippen molar-refractivity contribution in [3.05, 3.63) is 48.2 Å². The number of anilines is 1. The molecule has 0 radical (unpaired) electrons. The minimum Gasteiger partial charge on any atom is -0.491 e. The number of nitrogens with two attached hydrogens (primary N) is 1. The van der Waals surface area contributed by atoms with Crippen LogP contribution in [0.4, 0.5) is 19.0 Å². The summed E-state index contributed by atoms with van der Waals surface area (Å²) >= 11 is 0. The standard InChI is InChI=1S/C27H32F3N9O6S/c1-43-18-5-32-27(33-26(18)31)16-7-38(36-35-16)17-9-45-10-21(24(17)41)46-11-19(44-2)23(25(42)20(46)8-40)39-6-15(34-37-39)12-3-13(28)22(30)14(29)4-12/h3-7,17,19-21,23-25,40-42,46H,8-11H2,1-2H3,(H2,31,32,33)/t17-,19-,20+,21+,23+,24+,25-/m0/s1. The van der Waals surface area contributed by atoms with E-state index in [9.17, 15) is 28.5 Å². The maximum absolute atomic E-state index is 13.9. The van der Waals surface area contributed by atoms with Crippen LogP contribution in [0.15, 0.2) is 30.7 Å². The van der Waals surface area contributed by atoms with Crippen molar-refractivity contribution in [2.45, 2.75) is 40.9 Å². The number of hydrogen-bond acceptors (Lipinski definition) is 13. The predicted octanol–water partition coefficient (Wildman–Crippen LogP) is 0.295. The SMILES string of the molecule is COc1cnc(-c2cn([C@H]3COC[C@@H]([SH]4C[C@H](OC)[C@@H](n5cc(-c6cc(F)c(F)c(F)c6)nn5)[C@@H](O)[C@H]4CO)[C@@H]3O)nn2)nc1N. The quantitative estimate of drug-likeness (QED) is 0.127. The van der Waals surface area contributed by atoms with E-state index in [2.05, 4.69) is 30.6 Å². The number of methoxy groups -OCH3 is 2. The van der Waals surface area contributed by atoms with Gasteiger partial charge in [-0.05, 0) is 12.1 Å². The van der Waals surface area contributed by atoms with Crippen molar-refractivity contribution < 1.29 is 42.7 Å². The first-order chi connectivity index (χ1) is 22.1. The summed E-state index contributed by atoms with van der Waals surface area (Å²) in [6.07, 6.45) is 1.50. The second-order valence-electron chi connectivity index (χ2n) is 10.9. The molecule has 2 saturated heterocycles. The molecule has 248 valence electrons. The zero-order chi connectivity index (χ0) is 32.7. The molecule has 3 aromatic heterocycles. The fraction of sp³-hybridized carbons (Fsp3) is 0.481. The lowest BCUT2D eigenvalue weighted by atomic mass is 10.0. The third kappa shape index (κ3) is 5.77. The fourth-order valence-electron chi connectivity index (χ4n) is 5.98. The Hall–Kier alpha value is -3.88. The van der Waals surface area contributed by atoms with Gasteiger partial charge in [-0.2, -0.15) is 0 Å². The Morgan fingerprint density at radius 2 is 1.72 bits per heavy atom. The molecule has 46 heavy (non-hydrogen) atoms. The van der Waals surface area contributed by atoms with Crippen molar-refractivity contribution in [1.82, 2.24) is 40.0 Å². The van der Waals surface area contributed by atoms with E-state index in [0.29, 0.717) is 17.2 Å². The highest BCUT2D eigenvalue weighted by Crippen LogP contribution is 2.51. The van der Waals surface area contributed by atoms with Crippen LogP contribution in [0.5, 0.6) is 5.75 Å². The van der Waals surface area contributed by atoms with E-state index in [0.717, 1.165) is 12.1 Å². The lowest BCUT2D eigenvalue weighted by Crippen LogP contribution is -2.55. The summed E-state index contributed by atoms with van der Waals surface area (Å²) in [7, 11) is 1.58. The number of benzene rings is 1. The summed E-state index contributed by atoms with van der Waals surface area (Å²) in [5, 5.41) is 48.8. The Morgan fingerprint density at radius 1 is 1.02 bits per heavy atom. The average Bonchev–Trinajstić information content (AvgIpc) is 3.74. The van der Waals surface area contributed by atoms with Crippen LogP contribution in [0.3, 0.4) is 0 Å². The Bertz CT molecular complexity index is 1680. The zero-order valence-electron chi connectivity index (χ0n) is 24.6. The highest BCUT2D eigenvalue weighted by atomic mass is 32.2. The number of halogens is 3. The van der Waals surface area contributed by atoms with Crippen molar-refractivity contribution in [2.24, 2.45) is 0 Å². The number of nitrogen functional groups attached to an aromatic ring is 1. The van der Waals surface area contributed by atoms with Crippen LogP contribution in [0, 0.1) is 17.5 Å². The van der Waals surface area contributed by atoms with Gasteiger partial charge in [0.05, 0.1) is 63.8 Å². The van der Waals surface area contributed by atoms with Gasteiger partial charge in [-0.3, -0.25) is 0 Å². The number of ether oxygens (including phenoxy) is 3. The molecule has 0 aliphatic carbocycles. The van der Waals surface area contributed by atoms with Crippen LogP contribution >= 0.6 is 10.9 Å². The van der Waals surface area contributed by atoms with Gasteiger partial charge in [-0.15, -0.1) is 10.2 Å². The summed E-state index contributed by atoms with van der Waals surface area (Å²) in [5.74, 6) is -3.37. The zero-order valence-corrected chi connectivity index (χ0v) is 25.5. The number of hydrogen-bond donors (Lipinski definition) is 5. The molecule has 2 fully saturated rings. The van der Waals surface area contributed by atoms with Gasteiger partial charge in [0.2, 0.25) is 0 Å². The molecule has 15 nitrogen and oxygen atoms in total. The van der Waals surface area contributed by atoms with Crippen LogP contribution in [-0.4, -0.2) is 124 Å². The Balaban J connectivity index is 1.22. The Morgan fingerprint density at radius 3 is 2.39 bits per heavy atom. The lowest BCUT2D eigenvalue weighted by Gasteiger charge is -2.51. The third-order valence-corrected chi connectivity index (χ3v) is 11.8. The Kier molecular flexibility index (Phi) is 9.12. The van der Waals surface area contributed by atoms with E-state index in [1.54, 1.807) is 6.20 Å². The van der Waals surface area contributed by atoms with E-state index in [4.69, 9.17) is 19.9 Å². The molecule has 4 aromatic rings. The first kappa shape index (κ1) is 32.1. The van der Waals surface area contributed by atoms with Crippen molar-refractivity contribution in [2.75, 3.05) is 45.5 Å². The topological polar surface area (TPSA) is 202 Å². The minimum atomic E-state index is -1.60. The largest absolute Gasteiger partial charge is 0.491 e. The minimum absolute atomic E-state index is 0.0436. The molecular formula is C27H32F3N9O6S. The smallest absolute Gasteiger partial charge is 0.194 e. The molecule has 2 aliphatic rings. The van der Waals surface area contributed by atoms with Crippen LogP contribution < -0.4 is 10.5 Å². The van der Waals surface area contributed by atoms with Gasteiger partial charge in [-0.25, -0.2) is 43.4 Å². The Labute approximate surface area is 262 Å². The molecule has 2 aliphatic heterocycles. The maximum atomic E-state index is 13.9. The number of thiol groups is 1. The van der Waals surface area contributed by atoms with Crippen LogP contribution in [0.2, 0.25) is 0 Å². The number of rotatable bonds is 8. The number of aliphatic hydroxyl groups excluding tert-OH is 3. The monoisotopic (exact) mass is 667 g/mol. The molecule has 0 saturated carbocycles. The van der Waals surface area contributed by atoms with Crippen LogP contribution in [0.25, 0.3) is 22.8 Å². The maximum Gasteiger partial charge on any atom is 0.194 e. The van der Waals surface area contributed by atoms with E-state index in [1.807, 2.05) is 0 Å². The van der Waals surface area contributed by atoms with E-state index < -0.39 is 75.8 Å². The summed E-state index contributed by atoms with van der Waals surface area (Å²) < 4.78 is 60.8. The van der Waals surface area contributed by atoms with Gasteiger partial charge in [0.25, 0.3) is 0 Å². The molecule has 6 rings (SSSR count). The molecule has 1 aromatic carbocycles. The highest BCUT2D eigenvalue weighted by Gasteiger charge is 2.49. The van der Waals surface area contributed by atoms with E-state index in [1.165, 1.54) is 36.0 Å². The van der Waals surface area contributed by atoms with Crippen LogP contribution in [-0.2, 0) is 9.47 Å². The number of nitrogens with zero attached hydrogens (tertiary/aromatic N) is 8.